The molecule has 0 atom stereocenters. The molecule has 128 valence electrons. The summed E-state index contributed by atoms with van der Waals surface area (Å²) in [5.41, 5.74) is 1.04. The summed E-state index contributed by atoms with van der Waals surface area (Å²) in [6, 6.07) is 14.2. The van der Waals surface area contributed by atoms with Gasteiger partial charge >= 0.3 is 5.97 Å². The summed E-state index contributed by atoms with van der Waals surface area (Å²) in [6.07, 6.45) is 3.44. The number of carbonyl (C=O) groups is 1. The highest BCUT2D eigenvalue weighted by Gasteiger charge is 2.13. The van der Waals surface area contributed by atoms with E-state index in [-0.39, 0.29) is 0 Å². The van der Waals surface area contributed by atoms with Gasteiger partial charge in [0.25, 0.3) is 0 Å². The molecule has 2 heterocycles. The summed E-state index contributed by atoms with van der Waals surface area (Å²) in [7, 11) is 1.35. The van der Waals surface area contributed by atoms with Crippen LogP contribution in [0.3, 0.4) is 0 Å². The van der Waals surface area contributed by atoms with Gasteiger partial charge in [0, 0.05) is 33.6 Å². The largest absolute Gasteiger partial charge is 0.465 e. The predicted octanol–water partition coefficient (Wildman–Crippen LogP) is 5.02. The van der Waals surface area contributed by atoms with Gasteiger partial charge in [0.2, 0.25) is 5.88 Å². The molecule has 0 aliphatic heterocycles. The molecule has 0 unspecified atom stereocenters. The third-order valence-corrected chi connectivity index (χ3v) is 4.23. The second kappa shape index (κ2) is 6.61. The minimum atomic E-state index is -0.419. The zero-order valence-corrected chi connectivity index (χ0v) is 14.5. The van der Waals surface area contributed by atoms with E-state index in [1.165, 1.54) is 7.11 Å². The highest BCUT2D eigenvalue weighted by atomic mass is 35.5. The summed E-state index contributed by atoms with van der Waals surface area (Å²) >= 11 is 6.03. The van der Waals surface area contributed by atoms with Gasteiger partial charge < -0.3 is 9.47 Å². The summed E-state index contributed by atoms with van der Waals surface area (Å²) in [5, 5.41) is 3.14. The van der Waals surface area contributed by atoms with Crippen LogP contribution in [0.15, 0.2) is 60.9 Å². The average molecular weight is 365 g/mol. The van der Waals surface area contributed by atoms with Crippen molar-refractivity contribution in [3.05, 3.63) is 71.5 Å². The number of benzene rings is 2. The van der Waals surface area contributed by atoms with Crippen LogP contribution in [0.2, 0.25) is 5.02 Å². The van der Waals surface area contributed by atoms with Crippen molar-refractivity contribution in [2.45, 2.75) is 0 Å². The number of halogens is 1. The van der Waals surface area contributed by atoms with Crippen molar-refractivity contribution in [1.82, 2.24) is 9.97 Å². The first-order valence-electron chi connectivity index (χ1n) is 7.85. The number of hydrogen-bond acceptors (Lipinski definition) is 5. The Morgan fingerprint density at radius 1 is 1.04 bits per heavy atom. The maximum absolute atomic E-state index is 11.8. The average Bonchev–Trinajstić information content (AvgIpc) is 2.67. The van der Waals surface area contributed by atoms with E-state index >= 15 is 0 Å². The van der Waals surface area contributed by atoms with Crippen molar-refractivity contribution < 1.29 is 14.3 Å². The van der Waals surface area contributed by atoms with E-state index < -0.39 is 5.97 Å². The first-order valence-corrected chi connectivity index (χ1v) is 8.23. The molecule has 26 heavy (non-hydrogen) atoms. The minimum absolute atomic E-state index is 0.416. The molecule has 2 aromatic carbocycles. The molecule has 0 bridgehead atoms. The van der Waals surface area contributed by atoms with Gasteiger partial charge in [0.15, 0.2) is 0 Å². The van der Waals surface area contributed by atoms with Gasteiger partial charge in [-0.3, -0.25) is 4.98 Å². The zero-order valence-electron chi connectivity index (χ0n) is 13.8. The van der Waals surface area contributed by atoms with E-state index in [1.54, 1.807) is 48.8 Å². The zero-order chi connectivity index (χ0) is 18.1. The topological polar surface area (TPSA) is 61.3 Å². The lowest BCUT2D eigenvalue weighted by Gasteiger charge is -2.11. The molecule has 0 spiro atoms. The predicted molar refractivity (Wildman–Crippen MR) is 99.9 cm³/mol. The molecule has 0 aliphatic rings. The third-order valence-electron chi connectivity index (χ3n) is 3.99. The number of fused-ring (bicyclic) bond motifs is 3. The number of pyridine rings is 2. The van der Waals surface area contributed by atoms with Gasteiger partial charge in [-0.15, -0.1) is 0 Å². The summed E-state index contributed by atoms with van der Waals surface area (Å²) < 4.78 is 10.8. The van der Waals surface area contributed by atoms with Gasteiger partial charge in [0.1, 0.15) is 5.75 Å². The number of aromatic nitrogens is 2. The van der Waals surface area contributed by atoms with Crippen molar-refractivity contribution in [3.8, 4) is 11.6 Å². The molecule has 6 heteroatoms. The Kier molecular flexibility index (Phi) is 4.14. The van der Waals surface area contributed by atoms with E-state index in [2.05, 4.69) is 9.97 Å². The number of rotatable bonds is 3. The van der Waals surface area contributed by atoms with Crippen LogP contribution in [0.1, 0.15) is 10.4 Å². The van der Waals surface area contributed by atoms with E-state index in [0.717, 1.165) is 16.2 Å². The number of ether oxygens (including phenoxy) is 2. The molecule has 2 aromatic heterocycles. The van der Waals surface area contributed by atoms with E-state index in [0.29, 0.717) is 27.7 Å². The Morgan fingerprint density at radius 2 is 1.92 bits per heavy atom. The van der Waals surface area contributed by atoms with Crippen molar-refractivity contribution in [3.63, 3.8) is 0 Å². The molecule has 0 amide bonds. The van der Waals surface area contributed by atoms with Crippen molar-refractivity contribution in [1.29, 1.82) is 0 Å². The van der Waals surface area contributed by atoms with Crippen LogP contribution in [0.25, 0.3) is 21.7 Å². The molecule has 0 saturated carbocycles. The lowest BCUT2D eigenvalue weighted by atomic mass is 10.1. The SMILES string of the molecule is COC(=O)c1ccc2c(c1)nc(Oc1cccc(Cl)c1)c1ccncc12. The lowest BCUT2D eigenvalue weighted by molar-refractivity contribution is 0.0601. The number of nitrogens with zero attached hydrogens (tertiary/aromatic N) is 2. The highest BCUT2D eigenvalue weighted by molar-refractivity contribution is 6.30. The van der Waals surface area contributed by atoms with Crippen LogP contribution >= 0.6 is 11.6 Å². The minimum Gasteiger partial charge on any atom is -0.465 e. The van der Waals surface area contributed by atoms with Crippen LogP contribution in [-0.2, 0) is 4.74 Å². The molecule has 0 aliphatic carbocycles. The van der Waals surface area contributed by atoms with Gasteiger partial charge in [-0.1, -0.05) is 23.7 Å². The van der Waals surface area contributed by atoms with E-state index in [1.807, 2.05) is 12.1 Å². The number of esters is 1. The van der Waals surface area contributed by atoms with Crippen LogP contribution in [0.4, 0.5) is 0 Å². The first kappa shape index (κ1) is 16.3. The molecular formula is C20H13ClN2O3. The molecule has 0 N–H and O–H groups in total. The van der Waals surface area contributed by atoms with Crippen molar-refractivity contribution in [2.75, 3.05) is 7.11 Å². The number of hydrogen-bond donors (Lipinski definition) is 0. The van der Waals surface area contributed by atoms with Crippen LogP contribution in [-0.4, -0.2) is 23.0 Å². The molecule has 5 nitrogen and oxygen atoms in total. The van der Waals surface area contributed by atoms with Crippen LogP contribution < -0.4 is 4.74 Å². The Balaban J connectivity index is 1.93. The van der Waals surface area contributed by atoms with Gasteiger partial charge in [-0.2, -0.15) is 0 Å². The van der Waals surface area contributed by atoms with Crippen LogP contribution in [0, 0.1) is 0 Å². The fourth-order valence-electron chi connectivity index (χ4n) is 2.78. The molecule has 4 rings (SSSR count). The summed E-state index contributed by atoms with van der Waals surface area (Å²) in [5.74, 6) is 0.572. The number of methoxy groups -OCH3 is 1. The molecule has 0 saturated heterocycles. The normalized spacial score (nSPS) is 10.8. The molecule has 0 fully saturated rings. The van der Waals surface area contributed by atoms with E-state index in [9.17, 15) is 4.79 Å². The van der Waals surface area contributed by atoms with Gasteiger partial charge in [-0.25, -0.2) is 9.78 Å². The van der Waals surface area contributed by atoms with Crippen molar-refractivity contribution >= 4 is 39.2 Å². The summed E-state index contributed by atoms with van der Waals surface area (Å²) in [4.78, 5) is 20.6. The molecule has 0 radical (unpaired) electrons. The summed E-state index contributed by atoms with van der Waals surface area (Å²) in [6.45, 7) is 0. The molecular weight excluding hydrogens is 352 g/mol. The fourth-order valence-corrected chi connectivity index (χ4v) is 2.96. The second-order valence-electron chi connectivity index (χ2n) is 5.62. The molecule has 4 aromatic rings. The van der Waals surface area contributed by atoms with Gasteiger partial charge in [-0.05, 0) is 36.4 Å². The third kappa shape index (κ3) is 2.93. The Bertz CT molecular complexity index is 1140. The van der Waals surface area contributed by atoms with Crippen LogP contribution in [0.5, 0.6) is 11.6 Å². The Labute approximate surface area is 154 Å². The fraction of sp³-hybridized carbons (Fsp3) is 0.0500. The van der Waals surface area contributed by atoms with Crippen molar-refractivity contribution in [2.24, 2.45) is 0 Å². The standard InChI is InChI=1S/C20H13ClN2O3/c1-25-20(24)12-5-6-15-17-11-22-8-7-16(17)19(23-18(15)9-12)26-14-4-2-3-13(21)10-14/h2-11H,1H3. The lowest BCUT2D eigenvalue weighted by Crippen LogP contribution is -2.01. The highest BCUT2D eigenvalue weighted by Crippen LogP contribution is 2.33. The first-order chi connectivity index (χ1) is 12.7. The van der Waals surface area contributed by atoms with E-state index in [4.69, 9.17) is 21.1 Å². The Hall–Kier alpha value is -3.18. The maximum atomic E-state index is 11.8. The Morgan fingerprint density at radius 3 is 2.73 bits per heavy atom. The maximum Gasteiger partial charge on any atom is 0.337 e. The monoisotopic (exact) mass is 364 g/mol. The number of carbonyl (C=O) groups excluding carboxylic acids is 1. The second-order valence-corrected chi connectivity index (χ2v) is 6.06. The van der Waals surface area contributed by atoms with Gasteiger partial charge in [0.05, 0.1) is 18.2 Å². The smallest absolute Gasteiger partial charge is 0.337 e. The quantitative estimate of drug-likeness (QED) is 0.377.